The fraction of sp³-hybridized carbons (Fsp3) is 0.562. The topological polar surface area (TPSA) is 44.4 Å². The zero-order valence-electron chi connectivity index (χ0n) is 12.5. The number of rotatable bonds is 3. The number of hydrogen-bond acceptors (Lipinski definition) is 3. The third kappa shape index (κ3) is 3.07. The highest BCUT2D eigenvalue weighted by Crippen LogP contribution is 2.32. The van der Waals surface area contributed by atoms with Crippen LogP contribution in [0.4, 0.5) is 5.69 Å². The van der Waals surface area contributed by atoms with Gasteiger partial charge < -0.3 is 10.6 Å². The van der Waals surface area contributed by atoms with Gasteiger partial charge in [0.2, 0.25) is 5.91 Å². The molecule has 2 aliphatic heterocycles. The Morgan fingerprint density at radius 3 is 3.00 bits per heavy atom. The summed E-state index contributed by atoms with van der Waals surface area (Å²) in [7, 11) is 0. The van der Waals surface area contributed by atoms with Gasteiger partial charge in [-0.2, -0.15) is 0 Å². The molecule has 21 heavy (non-hydrogen) atoms. The first-order valence-electron chi connectivity index (χ1n) is 7.55. The maximum absolute atomic E-state index is 12.2. The molecule has 1 amide bonds. The molecule has 0 radical (unpaired) electrons. The second-order valence-corrected chi connectivity index (χ2v) is 6.69. The Labute approximate surface area is 130 Å². The first-order chi connectivity index (χ1) is 10.0. The van der Waals surface area contributed by atoms with E-state index in [2.05, 4.69) is 22.5 Å². The van der Waals surface area contributed by atoms with Crippen LogP contribution in [0.2, 0.25) is 5.02 Å². The second-order valence-electron chi connectivity index (χ2n) is 6.28. The zero-order valence-corrected chi connectivity index (χ0v) is 13.3. The molecule has 2 heterocycles. The van der Waals surface area contributed by atoms with Crippen LogP contribution in [0.1, 0.15) is 12.5 Å². The van der Waals surface area contributed by atoms with E-state index in [0.29, 0.717) is 35.1 Å². The van der Waals surface area contributed by atoms with E-state index < -0.39 is 0 Å². The molecular formula is C16H22ClN3O. The lowest BCUT2D eigenvalue weighted by Gasteiger charge is -2.23. The quantitative estimate of drug-likeness (QED) is 0.899. The average Bonchev–Trinajstić information content (AvgIpc) is 2.98. The third-order valence-electron chi connectivity index (χ3n) is 4.80. The van der Waals surface area contributed by atoms with Crippen molar-refractivity contribution in [1.29, 1.82) is 0 Å². The molecule has 3 rings (SSSR count). The maximum atomic E-state index is 12.2. The predicted octanol–water partition coefficient (Wildman–Crippen LogP) is 2.13. The average molecular weight is 308 g/mol. The van der Waals surface area contributed by atoms with Gasteiger partial charge >= 0.3 is 0 Å². The van der Waals surface area contributed by atoms with Gasteiger partial charge in [0.25, 0.3) is 0 Å². The summed E-state index contributed by atoms with van der Waals surface area (Å²) in [5.41, 5.74) is 1.78. The van der Waals surface area contributed by atoms with E-state index in [9.17, 15) is 4.79 Å². The van der Waals surface area contributed by atoms with Crippen molar-refractivity contribution < 1.29 is 4.79 Å². The van der Waals surface area contributed by atoms with Crippen LogP contribution in [0.25, 0.3) is 0 Å². The molecule has 0 spiro atoms. The maximum Gasteiger partial charge on any atom is 0.238 e. The monoisotopic (exact) mass is 307 g/mol. The smallest absolute Gasteiger partial charge is 0.238 e. The van der Waals surface area contributed by atoms with Gasteiger partial charge in [-0.3, -0.25) is 9.69 Å². The Bertz CT molecular complexity index is 548. The molecule has 114 valence electrons. The minimum atomic E-state index is 0.0144. The number of hydrogen-bond donors (Lipinski definition) is 2. The Morgan fingerprint density at radius 2 is 2.29 bits per heavy atom. The number of halogens is 1. The van der Waals surface area contributed by atoms with E-state index in [0.717, 1.165) is 25.2 Å². The van der Waals surface area contributed by atoms with Crippen LogP contribution in [0, 0.1) is 18.8 Å². The largest absolute Gasteiger partial charge is 0.324 e. The summed E-state index contributed by atoms with van der Waals surface area (Å²) in [5, 5.41) is 6.96. The SMILES string of the molecule is Cc1ccc(NC(=O)CN2CC3CNCC3C2C)c(Cl)c1. The van der Waals surface area contributed by atoms with Gasteiger partial charge in [0.1, 0.15) is 0 Å². The molecule has 2 saturated heterocycles. The van der Waals surface area contributed by atoms with E-state index in [1.54, 1.807) is 0 Å². The number of amides is 1. The molecule has 2 aliphatic rings. The van der Waals surface area contributed by atoms with Crippen molar-refractivity contribution in [2.24, 2.45) is 11.8 Å². The number of carbonyl (C=O) groups is 1. The highest BCUT2D eigenvalue weighted by atomic mass is 35.5. The second kappa shape index (κ2) is 5.95. The highest BCUT2D eigenvalue weighted by molar-refractivity contribution is 6.33. The molecule has 5 heteroatoms. The summed E-state index contributed by atoms with van der Waals surface area (Å²) in [5.74, 6) is 1.39. The highest BCUT2D eigenvalue weighted by Gasteiger charge is 2.42. The van der Waals surface area contributed by atoms with E-state index in [1.807, 2.05) is 25.1 Å². The number of carbonyl (C=O) groups excluding carboxylic acids is 1. The number of likely N-dealkylation sites (tertiary alicyclic amines) is 1. The Hall–Kier alpha value is -1.10. The van der Waals surface area contributed by atoms with Crippen LogP contribution in [-0.4, -0.2) is 43.0 Å². The predicted molar refractivity (Wildman–Crippen MR) is 85.7 cm³/mol. The fourth-order valence-electron chi connectivity index (χ4n) is 3.56. The molecule has 3 atom stereocenters. The van der Waals surface area contributed by atoms with Crippen molar-refractivity contribution in [3.8, 4) is 0 Å². The molecule has 0 aliphatic carbocycles. The number of anilines is 1. The van der Waals surface area contributed by atoms with Gasteiger partial charge in [-0.15, -0.1) is 0 Å². The van der Waals surface area contributed by atoms with Crippen LogP contribution in [0.15, 0.2) is 18.2 Å². The standard InChI is InChI=1S/C16H22ClN3O/c1-10-3-4-15(14(17)5-10)19-16(21)9-20-8-12-6-18-7-13(12)11(20)2/h3-5,11-13,18H,6-9H2,1-2H3,(H,19,21). The molecule has 0 saturated carbocycles. The summed E-state index contributed by atoms with van der Waals surface area (Å²) >= 11 is 6.16. The fourth-order valence-corrected chi connectivity index (χ4v) is 3.84. The number of nitrogens with one attached hydrogen (secondary N) is 2. The van der Waals surface area contributed by atoms with Crippen molar-refractivity contribution in [2.75, 3.05) is 31.5 Å². The van der Waals surface area contributed by atoms with Gasteiger partial charge in [0.15, 0.2) is 0 Å². The van der Waals surface area contributed by atoms with Crippen LogP contribution >= 0.6 is 11.6 Å². The first kappa shape index (κ1) is 14.8. The molecule has 0 bridgehead atoms. The van der Waals surface area contributed by atoms with Crippen LogP contribution in [0.5, 0.6) is 0 Å². The number of benzene rings is 1. The lowest BCUT2D eigenvalue weighted by Crippen LogP contribution is -2.38. The van der Waals surface area contributed by atoms with Gasteiger partial charge in [-0.05, 0) is 56.5 Å². The summed E-state index contributed by atoms with van der Waals surface area (Å²) in [6.07, 6.45) is 0. The molecule has 0 aromatic heterocycles. The minimum Gasteiger partial charge on any atom is -0.324 e. The Morgan fingerprint density at radius 1 is 1.48 bits per heavy atom. The van der Waals surface area contributed by atoms with Crippen LogP contribution in [-0.2, 0) is 4.79 Å². The van der Waals surface area contributed by atoms with E-state index >= 15 is 0 Å². The molecule has 2 N–H and O–H groups in total. The number of nitrogens with zero attached hydrogens (tertiary/aromatic N) is 1. The van der Waals surface area contributed by atoms with Gasteiger partial charge in [0, 0.05) is 12.6 Å². The summed E-state index contributed by atoms with van der Waals surface area (Å²) < 4.78 is 0. The van der Waals surface area contributed by atoms with Crippen LogP contribution < -0.4 is 10.6 Å². The molecule has 3 unspecified atom stereocenters. The van der Waals surface area contributed by atoms with E-state index in [-0.39, 0.29) is 5.91 Å². The van der Waals surface area contributed by atoms with Gasteiger partial charge in [-0.25, -0.2) is 0 Å². The Kier molecular flexibility index (Phi) is 4.20. The van der Waals surface area contributed by atoms with Crippen molar-refractivity contribution in [2.45, 2.75) is 19.9 Å². The molecular weight excluding hydrogens is 286 g/mol. The molecule has 2 fully saturated rings. The van der Waals surface area contributed by atoms with E-state index in [4.69, 9.17) is 11.6 Å². The van der Waals surface area contributed by atoms with Crippen molar-refractivity contribution in [3.05, 3.63) is 28.8 Å². The summed E-state index contributed by atoms with van der Waals surface area (Å²) in [6, 6.07) is 6.15. The van der Waals surface area contributed by atoms with Crippen molar-refractivity contribution >= 4 is 23.2 Å². The number of fused-ring (bicyclic) bond motifs is 1. The zero-order chi connectivity index (χ0) is 15.0. The normalized spacial score (nSPS) is 28.6. The molecule has 1 aromatic carbocycles. The van der Waals surface area contributed by atoms with Crippen molar-refractivity contribution in [3.63, 3.8) is 0 Å². The van der Waals surface area contributed by atoms with Crippen molar-refractivity contribution in [1.82, 2.24) is 10.2 Å². The first-order valence-corrected chi connectivity index (χ1v) is 7.93. The minimum absolute atomic E-state index is 0.0144. The number of aryl methyl sites for hydroxylation is 1. The molecule has 4 nitrogen and oxygen atoms in total. The van der Waals surface area contributed by atoms with Gasteiger partial charge in [0.05, 0.1) is 17.3 Å². The summed E-state index contributed by atoms with van der Waals surface area (Å²) in [4.78, 5) is 14.5. The lowest BCUT2D eigenvalue weighted by molar-refractivity contribution is -0.117. The van der Waals surface area contributed by atoms with E-state index in [1.165, 1.54) is 0 Å². The third-order valence-corrected chi connectivity index (χ3v) is 5.11. The molecule has 1 aromatic rings. The summed E-state index contributed by atoms with van der Waals surface area (Å²) in [6.45, 7) is 7.82. The van der Waals surface area contributed by atoms with Crippen LogP contribution in [0.3, 0.4) is 0 Å². The van der Waals surface area contributed by atoms with Gasteiger partial charge in [-0.1, -0.05) is 17.7 Å². The lowest BCUT2D eigenvalue weighted by atomic mass is 9.95. The Balaban J connectivity index is 1.59.